The van der Waals surface area contributed by atoms with E-state index in [0.29, 0.717) is 11.3 Å². The molecule has 0 unspecified atom stereocenters. The van der Waals surface area contributed by atoms with Gasteiger partial charge in [-0.3, -0.25) is 4.79 Å². The maximum atomic E-state index is 11.5. The zero-order valence-corrected chi connectivity index (χ0v) is 11.8. The van der Waals surface area contributed by atoms with Gasteiger partial charge in [0.25, 0.3) is 0 Å². The number of rotatable bonds is 7. The largest absolute Gasteiger partial charge is 0.481 e. The van der Waals surface area contributed by atoms with Gasteiger partial charge in [-0.15, -0.1) is 0 Å². The smallest absolute Gasteiger partial charge is 0.341 e. The minimum Gasteiger partial charge on any atom is -0.481 e. The molecule has 1 aromatic rings. The molecule has 0 heterocycles. The summed E-state index contributed by atoms with van der Waals surface area (Å²) in [5.41, 5.74) is 0.331. The Labute approximate surface area is 117 Å². The lowest BCUT2D eigenvalue weighted by molar-refractivity contribution is -0.139. The summed E-state index contributed by atoms with van der Waals surface area (Å²) in [5, 5.41) is 8.64. The van der Waals surface area contributed by atoms with E-state index < -0.39 is 12.6 Å². The number of carboxylic acids is 1. The third-order valence-corrected chi connectivity index (χ3v) is 2.60. The monoisotopic (exact) mass is 278 g/mol. The van der Waals surface area contributed by atoms with E-state index >= 15 is 0 Å². The van der Waals surface area contributed by atoms with Crippen molar-refractivity contribution in [3.8, 4) is 11.5 Å². The normalized spacial score (nSPS) is 11.1. The van der Waals surface area contributed by atoms with Crippen LogP contribution in [0.4, 0.5) is 0 Å². The molecule has 1 rings (SSSR count). The van der Waals surface area contributed by atoms with E-state index in [1.807, 2.05) is 19.9 Å². The summed E-state index contributed by atoms with van der Waals surface area (Å²) < 4.78 is 10.7. The van der Waals surface area contributed by atoms with Crippen molar-refractivity contribution in [2.75, 3.05) is 6.61 Å². The van der Waals surface area contributed by atoms with Crippen molar-refractivity contribution >= 4 is 11.8 Å². The summed E-state index contributed by atoms with van der Waals surface area (Å²) in [7, 11) is 0. The van der Waals surface area contributed by atoms with Crippen LogP contribution in [0.15, 0.2) is 30.0 Å². The van der Waals surface area contributed by atoms with Crippen molar-refractivity contribution in [3.05, 3.63) is 35.6 Å². The van der Waals surface area contributed by atoms with Crippen LogP contribution < -0.4 is 9.47 Å². The number of carboxylic acid groups (broad SMARTS) is 1. The number of ketones is 1. The molecule has 108 valence electrons. The van der Waals surface area contributed by atoms with Crippen LogP contribution in [0.1, 0.15) is 37.6 Å². The predicted molar refractivity (Wildman–Crippen MR) is 74.3 cm³/mol. The molecule has 0 amide bonds. The molecule has 1 N–H and O–H groups in total. The summed E-state index contributed by atoms with van der Waals surface area (Å²) in [6.07, 6.45) is 2.58. The lowest BCUT2D eigenvalue weighted by atomic mass is 10.1. The van der Waals surface area contributed by atoms with Crippen LogP contribution in [0.5, 0.6) is 11.5 Å². The van der Waals surface area contributed by atoms with Crippen LogP contribution in [-0.2, 0) is 4.79 Å². The molecule has 0 saturated carbocycles. The molecule has 0 aromatic heterocycles. The van der Waals surface area contributed by atoms with Crippen LogP contribution in [-0.4, -0.2) is 23.5 Å². The molecule has 20 heavy (non-hydrogen) atoms. The van der Waals surface area contributed by atoms with Crippen LogP contribution in [0.3, 0.4) is 0 Å². The molecular formula is C15H18O5. The number of ether oxygens (including phenoxy) is 2. The SMILES string of the molecule is CC=C(CC)Oc1ccc(C(C)=O)c(OCC(=O)O)c1. The van der Waals surface area contributed by atoms with E-state index in [1.165, 1.54) is 13.0 Å². The minimum absolute atomic E-state index is 0.196. The molecule has 0 saturated heterocycles. The first-order chi connectivity index (χ1) is 9.47. The zero-order valence-electron chi connectivity index (χ0n) is 11.8. The van der Waals surface area contributed by atoms with Crippen LogP contribution in [0.2, 0.25) is 0 Å². The van der Waals surface area contributed by atoms with Gasteiger partial charge in [0, 0.05) is 12.5 Å². The third-order valence-electron chi connectivity index (χ3n) is 2.60. The van der Waals surface area contributed by atoms with Gasteiger partial charge >= 0.3 is 5.97 Å². The lowest BCUT2D eigenvalue weighted by Crippen LogP contribution is -2.11. The first-order valence-electron chi connectivity index (χ1n) is 6.30. The first kappa shape index (κ1) is 15.8. The van der Waals surface area contributed by atoms with E-state index in [2.05, 4.69) is 0 Å². The molecule has 0 spiro atoms. The number of hydrogen-bond acceptors (Lipinski definition) is 4. The molecule has 0 aliphatic rings. The first-order valence-corrected chi connectivity index (χ1v) is 6.30. The fourth-order valence-corrected chi connectivity index (χ4v) is 1.60. The van der Waals surface area contributed by atoms with E-state index in [1.54, 1.807) is 12.1 Å². The van der Waals surface area contributed by atoms with Crippen molar-refractivity contribution < 1.29 is 24.2 Å². The Morgan fingerprint density at radius 3 is 2.55 bits per heavy atom. The highest BCUT2D eigenvalue weighted by Crippen LogP contribution is 2.27. The van der Waals surface area contributed by atoms with E-state index in [0.717, 1.165) is 12.2 Å². The van der Waals surface area contributed by atoms with Crippen molar-refractivity contribution in [2.24, 2.45) is 0 Å². The van der Waals surface area contributed by atoms with Crippen molar-refractivity contribution in [2.45, 2.75) is 27.2 Å². The number of Topliss-reactive ketones (excluding diaryl/α,β-unsaturated/α-hetero) is 1. The number of allylic oxidation sites excluding steroid dienone is 2. The molecule has 1 aromatic carbocycles. The number of aliphatic carboxylic acids is 1. The number of carbonyl (C=O) groups excluding carboxylic acids is 1. The van der Waals surface area contributed by atoms with Crippen molar-refractivity contribution in [3.63, 3.8) is 0 Å². The molecule has 5 heteroatoms. The molecule has 5 nitrogen and oxygen atoms in total. The Kier molecular flexibility index (Phi) is 5.77. The summed E-state index contributed by atoms with van der Waals surface area (Å²) in [6, 6.07) is 4.75. The highest BCUT2D eigenvalue weighted by molar-refractivity contribution is 5.97. The van der Waals surface area contributed by atoms with Crippen LogP contribution >= 0.6 is 0 Å². The predicted octanol–water partition coefficient (Wildman–Crippen LogP) is 3.05. The second kappa shape index (κ2) is 7.33. The second-order valence-electron chi connectivity index (χ2n) is 4.11. The Morgan fingerprint density at radius 2 is 2.05 bits per heavy atom. The van der Waals surface area contributed by atoms with Gasteiger partial charge in [-0.05, 0) is 32.1 Å². The van der Waals surface area contributed by atoms with Gasteiger partial charge in [-0.25, -0.2) is 4.79 Å². The molecule has 0 atom stereocenters. The second-order valence-corrected chi connectivity index (χ2v) is 4.11. The van der Waals surface area contributed by atoms with Crippen LogP contribution in [0.25, 0.3) is 0 Å². The van der Waals surface area contributed by atoms with E-state index in [-0.39, 0.29) is 11.5 Å². The lowest BCUT2D eigenvalue weighted by Gasteiger charge is -2.12. The average Bonchev–Trinajstić information content (AvgIpc) is 2.42. The van der Waals surface area contributed by atoms with Gasteiger partial charge in [-0.1, -0.05) is 6.92 Å². The topological polar surface area (TPSA) is 72.8 Å². The number of carbonyl (C=O) groups is 2. The average molecular weight is 278 g/mol. The fourth-order valence-electron chi connectivity index (χ4n) is 1.60. The standard InChI is InChI=1S/C15H18O5/c1-4-11(5-2)20-12-6-7-13(10(3)16)14(8-12)19-9-15(17)18/h4,6-8H,5,9H2,1-3H3,(H,17,18). The van der Waals surface area contributed by atoms with Gasteiger partial charge in [0.15, 0.2) is 12.4 Å². The van der Waals surface area contributed by atoms with Gasteiger partial charge < -0.3 is 14.6 Å². The number of hydrogen-bond donors (Lipinski definition) is 1. The molecule has 0 radical (unpaired) electrons. The molecular weight excluding hydrogens is 260 g/mol. The molecule has 0 aliphatic carbocycles. The summed E-state index contributed by atoms with van der Waals surface area (Å²) in [6.45, 7) is 4.71. The maximum Gasteiger partial charge on any atom is 0.341 e. The third kappa shape index (κ3) is 4.42. The minimum atomic E-state index is -1.10. The van der Waals surface area contributed by atoms with Gasteiger partial charge in [-0.2, -0.15) is 0 Å². The summed E-state index contributed by atoms with van der Waals surface area (Å²) in [4.78, 5) is 22.0. The fraction of sp³-hybridized carbons (Fsp3) is 0.333. The van der Waals surface area contributed by atoms with Gasteiger partial charge in [0.1, 0.15) is 11.5 Å². The van der Waals surface area contributed by atoms with Gasteiger partial charge in [0.2, 0.25) is 0 Å². The Hall–Kier alpha value is -2.30. The molecule has 0 fully saturated rings. The quantitative estimate of drug-likeness (QED) is 0.613. The zero-order chi connectivity index (χ0) is 15.1. The summed E-state index contributed by atoms with van der Waals surface area (Å²) in [5.74, 6) is 0.200. The highest BCUT2D eigenvalue weighted by atomic mass is 16.5. The molecule has 0 bridgehead atoms. The van der Waals surface area contributed by atoms with Crippen LogP contribution in [0, 0.1) is 0 Å². The molecule has 0 aliphatic heterocycles. The Morgan fingerprint density at radius 1 is 1.35 bits per heavy atom. The van der Waals surface area contributed by atoms with Crippen molar-refractivity contribution in [1.82, 2.24) is 0 Å². The maximum absolute atomic E-state index is 11.5. The van der Waals surface area contributed by atoms with E-state index in [4.69, 9.17) is 14.6 Å². The Balaban J connectivity index is 3.03. The Bertz CT molecular complexity index is 531. The summed E-state index contributed by atoms with van der Waals surface area (Å²) >= 11 is 0. The highest BCUT2D eigenvalue weighted by Gasteiger charge is 2.12. The van der Waals surface area contributed by atoms with E-state index in [9.17, 15) is 9.59 Å². The number of benzene rings is 1. The van der Waals surface area contributed by atoms with Gasteiger partial charge in [0.05, 0.1) is 11.3 Å². The van der Waals surface area contributed by atoms with Crippen molar-refractivity contribution in [1.29, 1.82) is 0 Å².